The summed E-state index contributed by atoms with van der Waals surface area (Å²) in [7, 11) is 0. The van der Waals surface area contributed by atoms with E-state index < -0.39 is 0 Å². The van der Waals surface area contributed by atoms with Crippen molar-refractivity contribution in [3.05, 3.63) is 34.7 Å². The topological polar surface area (TPSA) is 38.9 Å². The van der Waals surface area contributed by atoms with Crippen LogP contribution in [-0.2, 0) is 0 Å². The molecule has 16 heavy (non-hydrogen) atoms. The molecule has 0 aliphatic carbocycles. The van der Waals surface area contributed by atoms with E-state index in [0.717, 1.165) is 11.1 Å². The van der Waals surface area contributed by atoms with Crippen LogP contribution in [0.5, 0.6) is 0 Å². The summed E-state index contributed by atoms with van der Waals surface area (Å²) in [4.78, 5) is 0. The second kappa shape index (κ2) is 4.44. The molecule has 0 spiro atoms. The fourth-order valence-electron chi connectivity index (χ4n) is 1.30. The van der Waals surface area contributed by atoms with E-state index >= 15 is 0 Å². The molecule has 1 atom stereocenters. The predicted molar refractivity (Wildman–Crippen MR) is 63.7 cm³/mol. The minimum Gasteiger partial charge on any atom is -0.419 e. The van der Waals surface area contributed by atoms with E-state index in [4.69, 9.17) is 27.6 Å². The molecular weight excluding hydrogens is 247 g/mol. The minimum atomic E-state index is -0.300. The second-order valence-electron chi connectivity index (χ2n) is 3.54. The summed E-state index contributed by atoms with van der Waals surface area (Å²) in [6.07, 6.45) is 0. The molecule has 3 nitrogen and oxygen atoms in total. The standard InChI is InChI=1S/C11H10Cl2N2O/c1-6-3-4-8(9(13)5-6)11-15-14-10(16-11)7(2)12/h3-5,7H,1-2H3. The van der Waals surface area contributed by atoms with Gasteiger partial charge in [-0.1, -0.05) is 17.7 Å². The van der Waals surface area contributed by atoms with Crippen molar-refractivity contribution in [2.75, 3.05) is 0 Å². The largest absolute Gasteiger partial charge is 0.419 e. The molecule has 0 saturated carbocycles. The van der Waals surface area contributed by atoms with Crippen molar-refractivity contribution in [3.8, 4) is 11.5 Å². The zero-order chi connectivity index (χ0) is 11.7. The highest BCUT2D eigenvalue weighted by Gasteiger charge is 2.14. The Morgan fingerprint density at radius 3 is 2.62 bits per heavy atom. The number of aryl methyl sites for hydroxylation is 1. The van der Waals surface area contributed by atoms with Crippen LogP contribution < -0.4 is 0 Å². The molecule has 84 valence electrons. The van der Waals surface area contributed by atoms with E-state index in [0.29, 0.717) is 16.8 Å². The van der Waals surface area contributed by atoms with E-state index in [1.54, 1.807) is 6.92 Å². The normalized spacial score (nSPS) is 12.8. The van der Waals surface area contributed by atoms with Crippen molar-refractivity contribution in [1.29, 1.82) is 0 Å². The Morgan fingerprint density at radius 2 is 2.06 bits per heavy atom. The van der Waals surface area contributed by atoms with Gasteiger partial charge in [-0.2, -0.15) is 0 Å². The summed E-state index contributed by atoms with van der Waals surface area (Å²) >= 11 is 11.9. The van der Waals surface area contributed by atoms with Gasteiger partial charge in [0.25, 0.3) is 0 Å². The van der Waals surface area contributed by atoms with Gasteiger partial charge in [0, 0.05) is 0 Å². The molecule has 0 amide bonds. The molecule has 0 aliphatic rings. The molecule has 2 aromatic rings. The van der Waals surface area contributed by atoms with Gasteiger partial charge < -0.3 is 4.42 Å². The maximum Gasteiger partial charge on any atom is 0.249 e. The van der Waals surface area contributed by atoms with Gasteiger partial charge in [-0.15, -0.1) is 21.8 Å². The van der Waals surface area contributed by atoms with Gasteiger partial charge in [-0.25, -0.2) is 0 Å². The van der Waals surface area contributed by atoms with Crippen LogP contribution in [0.2, 0.25) is 5.02 Å². The smallest absolute Gasteiger partial charge is 0.249 e. The first-order valence-electron chi connectivity index (χ1n) is 4.82. The molecule has 0 saturated heterocycles. The summed E-state index contributed by atoms with van der Waals surface area (Å²) in [6, 6.07) is 5.65. The predicted octanol–water partition coefficient (Wildman–Crippen LogP) is 4.00. The molecule has 0 fully saturated rings. The summed E-state index contributed by atoms with van der Waals surface area (Å²) < 4.78 is 5.41. The third kappa shape index (κ3) is 2.20. The average molecular weight is 257 g/mol. The van der Waals surface area contributed by atoms with Gasteiger partial charge >= 0.3 is 0 Å². The molecule has 5 heteroatoms. The van der Waals surface area contributed by atoms with Crippen LogP contribution in [0.4, 0.5) is 0 Å². The second-order valence-corrected chi connectivity index (χ2v) is 4.61. The van der Waals surface area contributed by atoms with Crippen LogP contribution in [0.25, 0.3) is 11.5 Å². The number of hydrogen-bond acceptors (Lipinski definition) is 3. The van der Waals surface area contributed by atoms with Gasteiger partial charge in [0.2, 0.25) is 11.8 Å². The Bertz CT molecular complexity index is 508. The summed E-state index contributed by atoms with van der Waals surface area (Å²) in [5.41, 5.74) is 1.81. The molecule has 1 unspecified atom stereocenters. The Labute approximate surface area is 103 Å². The molecule has 0 radical (unpaired) electrons. The highest BCUT2D eigenvalue weighted by atomic mass is 35.5. The highest BCUT2D eigenvalue weighted by molar-refractivity contribution is 6.33. The lowest BCUT2D eigenvalue weighted by Gasteiger charge is -2.00. The summed E-state index contributed by atoms with van der Waals surface area (Å²) in [5.74, 6) is 0.792. The molecule has 0 bridgehead atoms. The third-order valence-corrected chi connectivity index (χ3v) is 2.64. The zero-order valence-electron chi connectivity index (χ0n) is 8.87. The number of alkyl halides is 1. The fraction of sp³-hybridized carbons (Fsp3) is 0.273. The maximum absolute atomic E-state index is 6.09. The zero-order valence-corrected chi connectivity index (χ0v) is 10.4. The van der Waals surface area contributed by atoms with Crippen LogP contribution >= 0.6 is 23.2 Å². The number of benzene rings is 1. The Kier molecular flexibility index (Phi) is 3.17. The van der Waals surface area contributed by atoms with Crippen LogP contribution in [-0.4, -0.2) is 10.2 Å². The van der Waals surface area contributed by atoms with Crippen molar-refractivity contribution in [2.45, 2.75) is 19.2 Å². The van der Waals surface area contributed by atoms with Crippen molar-refractivity contribution in [3.63, 3.8) is 0 Å². The van der Waals surface area contributed by atoms with Gasteiger partial charge in [-0.05, 0) is 31.5 Å². The van der Waals surface area contributed by atoms with Gasteiger partial charge in [0.1, 0.15) is 5.38 Å². The van der Waals surface area contributed by atoms with Crippen LogP contribution in [0.1, 0.15) is 23.8 Å². The summed E-state index contributed by atoms with van der Waals surface area (Å²) in [6.45, 7) is 3.74. The van der Waals surface area contributed by atoms with E-state index in [-0.39, 0.29) is 5.38 Å². The van der Waals surface area contributed by atoms with Crippen molar-refractivity contribution >= 4 is 23.2 Å². The van der Waals surface area contributed by atoms with E-state index in [1.807, 2.05) is 25.1 Å². The van der Waals surface area contributed by atoms with Crippen LogP contribution in [0.3, 0.4) is 0 Å². The van der Waals surface area contributed by atoms with E-state index in [1.165, 1.54) is 0 Å². The van der Waals surface area contributed by atoms with Gasteiger partial charge in [0.15, 0.2) is 0 Å². The van der Waals surface area contributed by atoms with Crippen LogP contribution in [0.15, 0.2) is 22.6 Å². The highest BCUT2D eigenvalue weighted by Crippen LogP contribution is 2.29. The molecule has 1 aromatic carbocycles. The van der Waals surface area contributed by atoms with Crippen molar-refractivity contribution in [2.24, 2.45) is 0 Å². The molecule has 1 aromatic heterocycles. The quantitative estimate of drug-likeness (QED) is 0.763. The first-order chi connectivity index (χ1) is 7.58. The van der Waals surface area contributed by atoms with E-state index in [2.05, 4.69) is 10.2 Å². The van der Waals surface area contributed by atoms with Gasteiger partial charge in [-0.3, -0.25) is 0 Å². The van der Waals surface area contributed by atoms with Crippen LogP contribution in [0, 0.1) is 6.92 Å². The monoisotopic (exact) mass is 256 g/mol. The van der Waals surface area contributed by atoms with Crippen molar-refractivity contribution < 1.29 is 4.42 Å². The Hall–Kier alpha value is -1.06. The average Bonchev–Trinajstić information content (AvgIpc) is 2.66. The third-order valence-electron chi connectivity index (χ3n) is 2.14. The number of halogens is 2. The molecule has 1 heterocycles. The number of nitrogens with zero attached hydrogens (tertiary/aromatic N) is 2. The maximum atomic E-state index is 6.09. The molecular formula is C11H10Cl2N2O. The molecule has 0 N–H and O–H groups in total. The fourth-order valence-corrected chi connectivity index (χ4v) is 1.70. The van der Waals surface area contributed by atoms with Gasteiger partial charge in [0.05, 0.1) is 10.6 Å². The first kappa shape index (κ1) is 11.4. The minimum absolute atomic E-state index is 0.300. The lowest BCUT2D eigenvalue weighted by atomic mass is 10.1. The first-order valence-corrected chi connectivity index (χ1v) is 5.63. The lowest BCUT2D eigenvalue weighted by Crippen LogP contribution is -1.82. The summed E-state index contributed by atoms with van der Waals surface area (Å²) in [5, 5.41) is 8.06. The lowest BCUT2D eigenvalue weighted by molar-refractivity contribution is 0.507. The van der Waals surface area contributed by atoms with E-state index in [9.17, 15) is 0 Å². The molecule has 2 rings (SSSR count). The Morgan fingerprint density at radius 1 is 1.31 bits per heavy atom. The van der Waals surface area contributed by atoms with Crippen molar-refractivity contribution in [1.82, 2.24) is 10.2 Å². The number of aromatic nitrogens is 2. The Balaban J connectivity index is 2.42. The number of hydrogen-bond donors (Lipinski definition) is 0. The SMILES string of the molecule is Cc1ccc(-c2nnc(C(C)Cl)o2)c(Cl)c1. The molecule has 0 aliphatic heterocycles. The number of rotatable bonds is 2.